The lowest BCUT2D eigenvalue weighted by molar-refractivity contribution is -0.293. The van der Waals surface area contributed by atoms with Crippen molar-refractivity contribution in [3.05, 3.63) is 0 Å². The quantitative estimate of drug-likeness (QED) is 0.738. The van der Waals surface area contributed by atoms with Crippen molar-refractivity contribution in [1.29, 1.82) is 0 Å². The smallest absolute Gasteiger partial charge is 0.0596 e. The van der Waals surface area contributed by atoms with Gasteiger partial charge in [0, 0.05) is 11.6 Å². The van der Waals surface area contributed by atoms with Gasteiger partial charge in [-0.1, -0.05) is 6.92 Å². The molecule has 0 aliphatic carbocycles. The fraction of sp³-hybridized carbons (Fsp3) is 1.00. The van der Waals surface area contributed by atoms with Crippen LogP contribution in [0.15, 0.2) is 0 Å². The average Bonchev–Trinajstić information content (AvgIpc) is 2.08. The summed E-state index contributed by atoms with van der Waals surface area (Å²) in [5.41, 5.74) is -0.507. The summed E-state index contributed by atoms with van der Waals surface area (Å²) >= 11 is 0. The Morgan fingerprint density at radius 3 is 2.43 bits per heavy atom. The van der Waals surface area contributed by atoms with Crippen molar-refractivity contribution >= 4 is 0 Å². The third kappa shape index (κ3) is 1.95. The topological polar surface area (TPSA) is 35.2 Å². The minimum atomic E-state index is -0.294. The molecule has 1 fully saturated rings. The molecule has 1 radical (unpaired) electrons. The molecule has 1 rings (SSSR count). The molecule has 14 heavy (non-hydrogen) atoms. The minimum Gasteiger partial charge on any atom is -0.312 e. The summed E-state index contributed by atoms with van der Waals surface area (Å²) in [6.45, 7) is 11.2. The molecule has 1 atom stereocenters. The summed E-state index contributed by atoms with van der Waals surface area (Å²) in [5, 5.41) is 16.8. The van der Waals surface area contributed by atoms with Gasteiger partial charge in [-0.3, -0.25) is 0 Å². The van der Waals surface area contributed by atoms with E-state index >= 15 is 0 Å². The van der Waals surface area contributed by atoms with Gasteiger partial charge < -0.3 is 5.32 Å². The van der Waals surface area contributed by atoms with Gasteiger partial charge in [-0.15, -0.1) is 10.3 Å². The molecule has 0 aromatic rings. The van der Waals surface area contributed by atoms with E-state index in [2.05, 4.69) is 12.2 Å². The first-order valence-electron chi connectivity index (χ1n) is 5.53. The summed E-state index contributed by atoms with van der Waals surface area (Å²) < 4.78 is 0. The summed E-state index contributed by atoms with van der Waals surface area (Å²) in [4.78, 5) is 0. The van der Waals surface area contributed by atoms with E-state index in [0.717, 1.165) is 19.4 Å². The number of piperidine rings is 1. The monoisotopic (exact) mass is 199 g/mol. The molecular formula is C11H23N2O. The van der Waals surface area contributed by atoms with E-state index in [4.69, 9.17) is 0 Å². The molecule has 0 aromatic heterocycles. The van der Waals surface area contributed by atoms with Crippen molar-refractivity contribution in [3.63, 3.8) is 0 Å². The zero-order valence-corrected chi connectivity index (χ0v) is 10.1. The predicted molar refractivity (Wildman–Crippen MR) is 57.4 cm³/mol. The maximum absolute atomic E-state index is 12.1. The fourth-order valence-electron chi connectivity index (χ4n) is 2.47. The molecule has 1 N–H and O–H groups in total. The van der Waals surface area contributed by atoms with Gasteiger partial charge in [0.25, 0.3) is 0 Å². The van der Waals surface area contributed by atoms with E-state index in [0.29, 0.717) is 6.04 Å². The average molecular weight is 199 g/mol. The van der Waals surface area contributed by atoms with Crippen molar-refractivity contribution in [3.8, 4) is 0 Å². The maximum Gasteiger partial charge on any atom is 0.0596 e. The Morgan fingerprint density at radius 1 is 1.36 bits per heavy atom. The Bertz CT molecular complexity index is 201. The largest absolute Gasteiger partial charge is 0.312 e. The van der Waals surface area contributed by atoms with Crippen LogP contribution in [0.1, 0.15) is 47.5 Å². The zero-order valence-electron chi connectivity index (χ0n) is 10.1. The number of hydroxylamine groups is 2. The van der Waals surface area contributed by atoms with Gasteiger partial charge >= 0.3 is 0 Å². The van der Waals surface area contributed by atoms with Crippen LogP contribution in [-0.2, 0) is 5.21 Å². The number of likely N-dealkylation sites (N-methyl/N-ethyl adjacent to an activating group) is 1. The van der Waals surface area contributed by atoms with Crippen molar-refractivity contribution in [1.82, 2.24) is 10.4 Å². The van der Waals surface area contributed by atoms with Crippen LogP contribution in [0.3, 0.4) is 0 Å². The highest BCUT2D eigenvalue weighted by molar-refractivity contribution is 5.00. The van der Waals surface area contributed by atoms with Crippen LogP contribution in [0.2, 0.25) is 0 Å². The molecule has 1 saturated heterocycles. The first-order valence-corrected chi connectivity index (χ1v) is 5.53. The second kappa shape index (κ2) is 3.80. The van der Waals surface area contributed by atoms with E-state index in [1.807, 2.05) is 27.7 Å². The van der Waals surface area contributed by atoms with E-state index < -0.39 is 0 Å². The summed E-state index contributed by atoms with van der Waals surface area (Å²) in [7, 11) is 0. The third-order valence-electron chi connectivity index (χ3n) is 3.42. The summed E-state index contributed by atoms with van der Waals surface area (Å²) in [6.07, 6.45) is 2.06. The van der Waals surface area contributed by atoms with Crippen LogP contribution in [0.25, 0.3) is 0 Å². The molecule has 1 aliphatic rings. The third-order valence-corrected chi connectivity index (χ3v) is 3.42. The Kier molecular flexibility index (Phi) is 3.24. The lowest BCUT2D eigenvalue weighted by Gasteiger charge is -2.51. The molecule has 3 heteroatoms. The number of hydrogen-bond donors (Lipinski definition) is 1. The van der Waals surface area contributed by atoms with Crippen molar-refractivity contribution in [2.24, 2.45) is 0 Å². The molecule has 1 aliphatic heterocycles. The van der Waals surface area contributed by atoms with Crippen molar-refractivity contribution in [2.75, 3.05) is 6.54 Å². The van der Waals surface area contributed by atoms with Gasteiger partial charge in [0.05, 0.1) is 5.54 Å². The normalized spacial score (nSPS) is 31.7. The van der Waals surface area contributed by atoms with Gasteiger partial charge in [0.2, 0.25) is 0 Å². The molecule has 0 aromatic carbocycles. The van der Waals surface area contributed by atoms with Gasteiger partial charge in [-0.25, -0.2) is 0 Å². The number of nitrogens with one attached hydrogen (secondary N) is 1. The Morgan fingerprint density at radius 2 is 1.93 bits per heavy atom. The second-order valence-corrected chi connectivity index (χ2v) is 5.41. The van der Waals surface area contributed by atoms with Crippen molar-refractivity contribution < 1.29 is 5.21 Å². The number of nitrogens with zero attached hydrogens (tertiary/aromatic N) is 1. The summed E-state index contributed by atoms with van der Waals surface area (Å²) in [6, 6.07) is 0.318. The molecule has 0 amide bonds. The van der Waals surface area contributed by atoms with E-state index in [1.165, 1.54) is 5.06 Å². The molecule has 1 unspecified atom stereocenters. The fourth-order valence-corrected chi connectivity index (χ4v) is 2.47. The zero-order chi connectivity index (χ0) is 11.0. The van der Waals surface area contributed by atoms with Crippen LogP contribution >= 0.6 is 0 Å². The highest BCUT2D eigenvalue weighted by Crippen LogP contribution is 2.36. The highest BCUT2D eigenvalue weighted by Gasteiger charge is 2.47. The standard InChI is InChI=1S/C11H23N2O/c1-6-12-9-7-8-10(2,3)13(14)11(9,4)5/h9,12H,6-8H2,1-5H3. The Hall–Kier alpha value is -0.120. The Labute approximate surface area is 87.4 Å². The lowest BCUT2D eigenvalue weighted by Crippen LogP contribution is -2.65. The SMILES string of the molecule is CCNC1CCC(C)(C)N([O])C1(C)C. The van der Waals surface area contributed by atoms with Gasteiger partial charge in [-0.05, 0) is 47.1 Å². The number of rotatable bonds is 2. The first-order chi connectivity index (χ1) is 6.32. The van der Waals surface area contributed by atoms with Crippen LogP contribution < -0.4 is 5.32 Å². The predicted octanol–water partition coefficient (Wildman–Crippen LogP) is 1.96. The molecular weight excluding hydrogens is 176 g/mol. The summed E-state index contributed by atoms with van der Waals surface area (Å²) in [5.74, 6) is 0. The van der Waals surface area contributed by atoms with E-state index in [-0.39, 0.29) is 11.1 Å². The lowest BCUT2D eigenvalue weighted by atomic mass is 9.78. The van der Waals surface area contributed by atoms with Gasteiger partial charge in [0.15, 0.2) is 0 Å². The van der Waals surface area contributed by atoms with E-state index in [1.54, 1.807) is 0 Å². The first kappa shape index (κ1) is 12.0. The molecule has 0 saturated carbocycles. The van der Waals surface area contributed by atoms with Crippen LogP contribution in [0, 0.1) is 0 Å². The molecule has 83 valence electrons. The van der Waals surface area contributed by atoms with E-state index in [9.17, 15) is 5.21 Å². The molecule has 3 nitrogen and oxygen atoms in total. The van der Waals surface area contributed by atoms with Gasteiger partial charge in [-0.2, -0.15) is 0 Å². The maximum atomic E-state index is 12.1. The second-order valence-electron chi connectivity index (χ2n) is 5.41. The van der Waals surface area contributed by atoms with Gasteiger partial charge in [0.1, 0.15) is 0 Å². The van der Waals surface area contributed by atoms with Crippen LogP contribution in [0.5, 0.6) is 0 Å². The molecule has 1 heterocycles. The molecule has 0 spiro atoms. The number of hydrogen-bond acceptors (Lipinski definition) is 2. The highest BCUT2D eigenvalue weighted by atomic mass is 16.5. The minimum absolute atomic E-state index is 0.213. The Balaban J connectivity index is 2.79. The van der Waals surface area contributed by atoms with Crippen LogP contribution in [-0.4, -0.2) is 28.7 Å². The molecule has 0 bridgehead atoms. The van der Waals surface area contributed by atoms with Crippen molar-refractivity contribution in [2.45, 2.75) is 64.6 Å². The van der Waals surface area contributed by atoms with Crippen LogP contribution in [0.4, 0.5) is 0 Å².